The van der Waals surface area contributed by atoms with Crippen molar-refractivity contribution in [3.63, 3.8) is 0 Å². The van der Waals surface area contributed by atoms with Gasteiger partial charge in [-0.25, -0.2) is 9.78 Å². The summed E-state index contributed by atoms with van der Waals surface area (Å²) in [5.41, 5.74) is 2.44. The van der Waals surface area contributed by atoms with Crippen LogP contribution in [0.25, 0.3) is 17.1 Å². The molecule has 1 saturated carbocycles. The lowest BCUT2D eigenvalue weighted by atomic mass is 9.67. The molecule has 1 aromatic carbocycles. The fraction of sp³-hybridized carbons (Fsp3) is 0.444. The number of nitrogens with one attached hydrogen (secondary N) is 1. The number of aliphatic carboxylic acids is 1. The molecule has 1 heterocycles. The number of imidazole rings is 1. The summed E-state index contributed by atoms with van der Waals surface area (Å²) in [7, 11) is 5.56. The summed E-state index contributed by atoms with van der Waals surface area (Å²) in [5, 5.41) is 12.3. The summed E-state index contributed by atoms with van der Waals surface area (Å²) < 4.78 is 7.50. The maximum absolute atomic E-state index is 10.8. The molecule has 1 aliphatic carbocycles. The van der Waals surface area contributed by atoms with Gasteiger partial charge in [-0.05, 0) is 37.9 Å². The Hall–Kier alpha value is -2.34. The summed E-state index contributed by atoms with van der Waals surface area (Å²) in [4.78, 5) is 15.7. The van der Waals surface area contributed by atoms with Gasteiger partial charge in [0.25, 0.3) is 0 Å². The molecule has 0 radical (unpaired) electrons. The molecular formula is C18H23N3O3. The topological polar surface area (TPSA) is 76.4 Å². The molecular weight excluding hydrogens is 306 g/mol. The minimum Gasteiger partial charge on any atom is -0.496 e. The van der Waals surface area contributed by atoms with Crippen molar-refractivity contribution in [3.8, 4) is 5.75 Å². The molecule has 0 saturated heterocycles. The molecule has 6 nitrogen and oxygen atoms in total. The smallest absolute Gasteiger partial charge is 0.328 e. The number of ether oxygens (including phenoxy) is 1. The minimum absolute atomic E-state index is 0.0991. The van der Waals surface area contributed by atoms with E-state index in [-0.39, 0.29) is 5.54 Å². The lowest BCUT2D eigenvalue weighted by Crippen LogP contribution is -2.54. The van der Waals surface area contributed by atoms with E-state index in [1.54, 1.807) is 13.2 Å². The van der Waals surface area contributed by atoms with Gasteiger partial charge in [0.1, 0.15) is 11.6 Å². The highest BCUT2D eigenvalue weighted by Gasteiger charge is 2.47. The monoisotopic (exact) mass is 329 g/mol. The highest BCUT2D eigenvalue weighted by Crippen LogP contribution is 2.46. The summed E-state index contributed by atoms with van der Waals surface area (Å²) in [6.07, 6.45) is 4.90. The average molecular weight is 329 g/mol. The number of fused-ring (bicyclic) bond motifs is 1. The zero-order valence-electron chi connectivity index (χ0n) is 14.5. The van der Waals surface area contributed by atoms with Crippen LogP contribution in [0.1, 0.15) is 31.2 Å². The molecule has 1 aromatic heterocycles. The average Bonchev–Trinajstić information content (AvgIpc) is 2.88. The van der Waals surface area contributed by atoms with Gasteiger partial charge in [-0.3, -0.25) is 0 Å². The number of benzene rings is 1. The molecule has 128 valence electrons. The van der Waals surface area contributed by atoms with Gasteiger partial charge in [-0.1, -0.05) is 6.92 Å². The standard InChI is InChI=1S/C18H23N3O3/c1-11-7-8-18(11,19-2)17-20-13-10-15(24-4)12(5-6-16(22)23)9-14(13)21(17)3/h5-6,9-11,19H,7-8H2,1-4H3,(H,22,23)/b6-5+/t11-,18?/m1/s1. The molecule has 1 aliphatic rings. The van der Waals surface area contributed by atoms with Crippen molar-refractivity contribution in [1.82, 2.24) is 14.9 Å². The Morgan fingerprint density at radius 2 is 2.29 bits per heavy atom. The molecule has 1 fully saturated rings. The van der Waals surface area contributed by atoms with Crippen molar-refractivity contribution in [2.24, 2.45) is 13.0 Å². The number of nitrogens with zero attached hydrogens (tertiary/aromatic N) is 2. The van der Waals surface area contributed by atoms with Gasteiger partial charge >= 0.3 is 5.97 Å². The fourth-order valence-corrected chi connectivity index (χ4v) is 3.64. The van der Waals surface area contributed by atoms with E-state index in [1.807, 2.05) is 26.2 Å². The quantitative estimate of drug-likeness (QED) is 0.824. The molecule has 0 aliphatic heterocycles. The normalized spacial score (nSPS) is 23.6. The number of carbonyl (C=O) groups is 1. The Kier molecular flexibility index (Phi) is 4.09. The fourth-order valence-electron chi connectivity index (χ4n) is 3.64. The first-order chi connectivity index (χ1) is 11.4. The van der Waals surface area contributed by atoms with Gasteiger partial charge in [0, 0.05) is 24.8 Å². The number of hydrogen-bond acceptors (Lipinski definition) is 4. The van der Waals surface area contributed by atoms with Crippen molar-refractivity contribution >= 4 is 23.1 Å². The van der Waals surface area contributed by atoms with Gasteiger partial charge < -0.3 is 19.7 Å². The van der Waals surface area contributed by atoms with Crippen LogP contribution in [0.3, 0.4) is 0 Å². The molecule has 2 atom stereocenters. The van der Waals surface area contributed by atoms with Crippen LogP contribution in [-0.4, -0.2) is 34.8 Å². The second-order valence-electron chi connectivity index (χ2n) is 6.41. The Morgan fingerprint density at radius 3 is 2.79 bits per heavy atom. The second-order valence-corrected chi connectivity index (χ2v) is 6.41. The highest BCUT2D eigenvalue weighted by atomic mass is 16.5. The predicted molar refractivity (Wildman–Crippen MR) is 93.1 cm³/mol. The van der Waals surface area contributed by atoms with Crippen LogP contribution in [0.5, 0.6) is 5.75 Å². The molecule has 0 spiro atoms. The molecule has 0 amide bonds. The molecule has 6 heteroatoms. The van der Waals surface area contributed by atoms with E-state index >= 15 is 0 Å². The Morgan fingerprint density at radius 1 is 1.54 bits per heavy atom. The van der Waals surface area contributed by atoms with Crippen molar-refractivity contribution in [2.75, 3.05) is 14.2 Å². The van der Waals surface area contributed by atoms with E-state index in [2.05, 4.69) is 16.8 Å². The third kappa shape index (κ3) is 2.38. The lowest BCUT2D eigenvalue weighted by molar-refractivity contribution is -0.131. The largest absolute Gasteiger partial charge is 0.496 e. The third-order valence-corrected chi connectivity index (χ3v) is 5.30. The van der Waals surface area contributed by atoms with Gasteiger partial charge in [0.2, 0.25) is 0 Å². The SMILES string of the molecule is CNC1(c2nc3cc(OC)c(/C=C/C(=O)O)cc3n2C)CC[C@H]1C. The first kappa shape index (κ1) is 16.5. The van der Waals surface area contributed by atoms with Crippen LogP contribution in [0.4, 0.5) is 0 Å². The van der Waals surface area contributed by atoms with Crippen molar-refractivity contribution in [3.05, 3.63) is 29.6 Å². The number of hydrogen-bond donors (Lipinski definition) is 2. The third-order valence-electron chi connectivity index (χ3n) is 5.30. The second kappa shape index (κ2) is 5.94. The van der Waals surface area contributed by atoms with E-state index in [1.165, 1.54) is 6.42 Å². The summed E-state index contributed by atoms with van der Waals surface area (Å²) in [5.74, 6) is 1.16. The van der Waals surface area contributed by atoms with Gasteiger partial charge in [0.05, 0.1) is 23.7 Å². The molecule has 2 aromatic rings. The molecule has 0 bridgehead atoms. The van der Waals surface area contributed by atoms with Crippen molar-refractivity contribution in [1.29, 1.82) is 0 Å². The first-order valence-electron chi connectivity index (χ1n) is 8.07. The van der Waals surface area contributed by atoms with Crippen molar-refractivity contribution in [2.45, 2.75) is 25.3 Å². The molecule has 3 rings (SSSR count). The summed E-state index contributed by atoms with van der Waals surface area (Å²) in [6, 6.07) is 3.80. The van der Waals surface area contributed by atoms with Crippen LogP contribution in [0, 0.1) is 5.92 Å². The number of aromatic nitrogens is 2. The number of rotatable bonds is 5. The summed E-state index contributed by atoms with van der Waals surface area (Å²) >= 11 is 0. The van der Waals surface area contributed by atoms with Crippen LogP contribution < -0.4 is 10.1 Å². The van der Waals surface area contributed by atoms with Crippen molar-refractivity contribution < 1.29 is 14.6 Å². The molecule has 24 heavy (non-hydrogen) atoms. The Labute approximate surface area is 141 Å². The number of methoxy groups -OCH3 is 1. The first-order valence-corrected chi connectivity index (χ1v) is 8.07. The highest BCUT2D eigenvalue weighted by molar-refractivity contribution is 5.88. The van der Waals surface area contributed by atoms with Gasteiger partial charge in [0.15, 0.2) is 0 Å². The zero-order valence-corrected chi connectivity index (χ0v) is 14.5. The molecule has 2 N–H and O–H groups in total. The van der Waals surface area contributed by atoms with E-state index in [9.17, 15) is 4.79 Å². The van der Waals surface area contributed by atoms with E-state index in [0.717, 1.165) is 34.9 Å². The minimum atomic E-state index is -0.986. The Balaban J connectivity index is 2.16. The number of carboxylic acid groups (broad SMARTS) is 1. The van der Waals surface area contributed by atoms with Crippen LogP contribution in [-0.2, 0) is 17.4 Å². The lowest BCUT2D eigenvalue weighted by Gasteiger charge is -2.47. The van der Waals surface area contributed by atoms with E-state index in [4.69, 9.17) is 14.8 Å². The van der Waals surface area contributed by atoms with Crippen LogP contribution in [0.2, 0.25) is 0 Å². The number of carboxylic acids is 1. The molecule has 1 unspecified atom stereocenters. The Bertz CT molecular complexity index is 821. The number of aryl methyl sites for hydroxylation is 1. The zero-order chi connectivity index (χ0) is 17.5. The van der Waals surface area contributed by atoms with Crippen LogP contribution >= 0.6 is 0 Å². The van der Waals surface area contributed by atoms with E-state index < -0.39 is 5.97 Å². The van der Waals surface area contributed by atoms with Crippen LogP contribution in [0.15, 0.2) is 18.2 Å². The van der Waals surface area contributed by atoms with Gasteiger partial charge in [-0.15, -0.1) is 0 Å². The summed E-state index contributed by atoms with van der Waals surface area (Å²) in [6.45, 7) is 2.24. The maximum Gasteiger partial charge on any atom is 0.328 e. The maximum atomic E-state index is 10.8. The van der Waals surface area contributed by atoms with Gasteiger partial charge in [-0.2, -0.15) is 0 Å². The predicted octanol–water partition coefficient (Wildman–Crippen LogP) is 2.52. The van der Waals surface area contributed by atoms with E-state index in [0.29, 0.717) is 11.7 Å².